The Morgan fingerprint density at radius 1 is 1.25 bits per heavy atom. The zero-order valence-electron chi connectivity index (χ0n) is 17.7. The molecule has 1 aliphatic carbocycles. The minimum absolute atomic E-state index is 0.145. The molecule has 1 saturated carbocycles. The van der Waals surface area contributed by atoms with Gasteiger partial charge in [-0.05, 0) is 51.3 Å². The molecule has 0 aromatic carbocycles. The monoisotopic (exact) mass is 469 g/mol. The van der Waals surface area contributed by atoms with Gasteiger partial charge >= 0.3 is 6.18 Å². The first-order valence-corrected chi connectivity index (χ1v) is 10.7. The van der Waals surface area contributed by atoms with Gasteiger partial charge in [-0.25, -0.2) is 0 Å². The molecule has 0 bridgehead atoms. The molecule has 1 fully saturated rings. The first-order valence-electron chi connectivity index (χ1n) is 10.3. The Bertz CT molecular complexity index is 1130. The maximum atomic E-state index is 13.0. The van der Waals surface area contributed by atoms with Crippen LogP contribution in [0.2, 0.25) is 5.02 Å². The molecule has 0 spiro atoms. The predicted octanol–water partition coefficient (Wildman–Crippen LogP) is 4.71. The second-order valence-corrected chi connectivity index (χ2v) is 8.35. The second kappa shape index (κ2) is 8.65. The van der Waals surface area contributed by atoms with Gasteiger partial charge in [-0.3, -0.25) is 14.2 Å². The van der Waals surface area contributed by atoms with E-state index in [0.29, 0.717) is 36.0 Å². The molecule has 0 atom stereocenters. The highest BCUT2D eigenvalue weighted by atomic mass is 35.5. The molecule has 3 heterocycles. The van der Waals surface area contributed by atoms with Crippen molar-refractivity contribution in [2.75, 3.05) is 6.54 Å². The van der Waals surface area contributed by atoms with Crippen LogP contribution in [-0.2, 0) is 19.3 Å². The summed E-state index contributed by atoms with van der Waals surface area (Å²) in [5.41, 5.74) is 1.28. The van der Waals surface area contributed by atoms with Gasteiger partial charge in [0.05, 0.1) is 23.0 Å². The lowest BCUT2D eigenvalue weighted by atomic mass is 10.2. The number of nitrogens with one attached hydrogen (secondary N) is 1. The largest absolute Gasteiger partial charge is 0.454 e. The smallest absolute Gasteiger partial charge is 0.435 e. The van der Waals surface area contributed by atoms with Gasteiger partial charge in [-0.2, -0.15) is 23.4 Å². The molecule has 3 aromatic heterocycles. The van der Waals surface area contributed by atoms with Crippen molar-refractivity contribution in [3.63, 3.8) is 0 Å². The van der Waals surface area contributed by atoms with Crippen molar-refractivity contribution in [1.29, 1.82) is 0 Å². The van der Waals surface area contributed by atoms with Crippen molar-refractivity contribution in [2.24, 2.45) is 0 Å². The zero-order chi connectivity index (χ0) is 23.0. The van der Waals surface area contributed by atoms with Gasteiger partial charge in [0.2, 0.25) is 0 Å². The van der Waals surface area contributed by atoms with Gasteiger partial charge in [0.1, 0.15) is 5.76 Å². The van der Waals surface area contributed by atoms with E-state index in [1.54, 1.807) is 16.8 Å². The number of aryl methyl sites for hydroxylation is 2. The molecular weight excluding hydrogens is 447 g/mol. The van der Waals surface area contributed by atoms with E-state index in [-0.39, 0.29) is 24.1 Å². The van der Waals surface area contributed by atoms with Crippen LogP contribution in [0.1, 0.15) is 64.3 Å². The van der Waals surface area contributed by atoms with Gasteiger partial charge in [0, 0.05) is 24.7 Å². The maximum absolute atomic E-state index is 13.0. The lowest BCUT2D eigenvalue weighted by Crippen LogP contribution is -2.25. The van der Waals surface area contributed by atoms with Crippen molar-refractivity contribution >= 4 is 17.5 Å². The van der Waals surface area contributed by atoms with Gasteiger partial charge in [0.15, 0.2) is 11.5 Å². The molecule has 0 unspecified atom stereocenters. The van der Waals surface area contributed by atoms with Gasteiger partial charge < -0.3 is 9.73 Å². The van der Waals surface area contributed by atoms with Crippen molar-refractivity contribution in [3.05, 3.63) is 57.5 Å². The first-order chi connectivity index (χ1) is 15.1. The normalized spacial score (nSPS) is 14.2. The van der Waals surface area contributed by atoms with E-state index in [9.17, 15) is 18.0 Å². The first kappa shape index (κ1) is 22.4. The van der Waals surface area contributed by atoms with Crippen molar-refractivity contribution in [3.8, 4) is 0 Å². The fourth-order valence-corrected chi connectivity index (χ4v) is 3.67. The van der Waals surface area contributed by atoms with E-state index in [0.717, 1.165) is 30.3 Å². The summed E-state index contributed by atoms with van der Waals surface area (Å²) in [5.74, 6) is 0.473. The van der Waals surface area contributed by atoms with Crippen LogP contribution in [0.15, 0.2) is 22.6 Å². The zero-order valence-corrected chi connectivity index (χ0v) is 18.4. The number of hydrogen-bond donors (Lipinski definition) is 1. The molecule has 11 heteroatoms. The Kier molecular flexibility index (Phi) is 6.07. The summed E-state index contributed by atoms with van der Waals surface area (Å²) in [5, 5.41) is 11.4. The topological polar surface area (TPSA) is 77.9 Å². The molecule has 0 saturated heterocycles. The Labute approximate surface area is 187 Å². The van der Waals surface area contributed by atoms with Crippen LogP contribution in [0.5, 0.6) is 0 Å². The summed E-state index contributed by atoms with van der Waals surface area (Å²) in [7, 11) is 0. The predicted molar refractivity (Wildman–Crippen MR) is 111 cm³/mol. The highest BCUT2D eigenvalue weighted by molar-refractivity contribution is 6.31. The summed E-state index contributed by atoms with van der Waals surface area (Å²) in [6, 6.07) is 4.41. The molecule has 172 valence electrons. The summed E-state index contributed by atoms with van der Waals surface area (Å²) >= 11 is 6.15. The minimum atomic E-state index is -4.46. The summed E-state index contributed by atoms with van der Waals surface area (Å²) in [6.45, 7) is 4.59. The number of nitrogens with zero attached hydrogens (tertiary/aromatic N) is 4. The number of carbonyl (C=O) groups is 1. The molecule has 1 aliphatic rings. The molecule has 7 nitrogen and oxygen atoms in total. The van der Waals surface area contributed by atoms with Crippen molar-refractivity contribution < 1.29 is 22.4 Å². The highest BCUT2D eigenvalue weighted by Gasteiger charge is 2.37. The van der Waals surface area contributed by atoms with Crippen LogP contribution in [0.3, 0.4) is 0 Å². The summed E-state index contributed by atoms with van der Waals surface area (Å²) in [4.78, 5) is 12.3. The number of rotatable bonds is 8. The van der Waals surface area contributed by atoms with Crippen LogP contribution in [-0.4, -0.2) is 32.0 Å². The number of alkyl halides is 3. The van der Waals surface area contributed by atoms with Gasteiger partial charge in [-0.15, -0.1) is 0 Å². The fourth-order valence-electron chi connectivity index (χ4n) is 3.54. The maximum Gasteiger partial charge on any atom is 0.435 e. The molecule has 4 rings (SSSR count). The Balaban J connectivity index is 1.30. The van der Waals surface area contributed by atoms with Crippen LogP contribution in [0, 0.1) is 13.8 Å². The van der Waals surface area contributed by atoms with E-state index in [1.165, 1.54) is 4.68 Å². The van der Waals surface area contributed by atoms with Crippen LogP contribution >= 0.6 is 11.6 Å². The number of amides is 1. The quantitative estimate of drug-likeness (QED) is 0.485. The number of halogens is 4. The van der Waals surface area contributed by atoms with E-state index in [4.69, 9.17) is 16.0 Å². The van der Waals surface area contributed by atoms with Crippen molar-refractivity contribution in [1.82, 2.24) is 24.9 Å². The molecule has 1 amide bonds. The van der Waals surface area contributed by atoms with Crippen LogP contribution < -0.4 is 5.32 Å². The third-order valence-electron chi connectivity index (χ3n) is 5.41. The van der Waals surface area contributed by atoms with Crippen LogP contribution in [0.25, 0.3) is 0 Å². The van der Waals surface area contributed by atoms with Gasteiger partial charge in [-0.1, -0.05) is 11.6 Å². The molecular formula is C21H23ClF3N5O2. The Morgan fingerprint density at radius 2 is 2.00 bits per heavy atom. The standard InChI is InChI=1S/C21H23ClF3N5O2/c1-12-19(22)13(2)30(27-12)11-15-6-7-17(32-15)20(31)26-8-3-9-29-16(14-4-5-14)10-18(28-29)21(23,24)25/h6-7,10,14H,3-5,8-9,11H2,1-2H3,(H,26,31). The van der Waals surface area contributed by atoms with E-state index in [2.05, 4.69) is 15.5 Å². The molecule has 3 aromatic rings. The summed E-state index contributed by atoms with van der Waals surface area (Å²) in [6.07, 6.45) is -2.25. The average molecular weight is 470 g/mol. The molecule has 1 N–H and O–H groups in total. The fraction of sp³-hybridized carbons (Fsp3) is 0.476. The minimum Gasteiger partial charge on any atom is -0.454 e. The summed E-state index contributed by atoms with van der Waals surface area (Å²) < 4.78 is 47.6. The number of hydrogen-bond acceptors (Lipinski definition) is 4. The van der Waals surface area contributed by atoms with Crippen LogP contribution in [0.4, 0.5) is 13.2 Å². The third-order valence-corrected chi connectivity index (χ3v) is 5.96. The van der Waals surface area contributed by atoms with Crippen molar-refractivity contribution in [2.45, 2.75) is 58.3 Å². The second-order valence-electron chi connectivity index (χ2n) is 7.97. The lowest BCUT2D eigenvalue weighted by molar-refractivity contribution is -0.141. The van der Waals surface area contributed by atoms with E-state index < -0.39 is 11.9 Å². The third kappa shape index (κ3) is 4.85. The highest BCUT2D eigenvalue weighted by Crippen LogP contribution is 2.42. The molecule has 32 heavy (non-hydrogen) atoms. The Morgan fingerprint density at radius 3 is 2.62 bits per heavy atom. The SMILES string of the molecule is Cc1nn(Cc2ccc(C(=O)NCCCn3nc(C(F)(F)F)cc3C3CC3)o2)c(C)c1Cl. The molecule has 0 radical (unpaired) electrons. The van der Waals surface area contributed by atoms with Gasteiger partial charge in [0.25, 0.3) is 5.91 Å². The number of carbonyl (C=O) groups excluding carboxylic acids is 1. The number of aromatic nitrogens is 4. The Hall–Kier alpha value is -2.75. The van der Waals surface area contributed by atoms with E-state index >= 15 is 0 Å². The lowest BCUT2D eigenvalue weighted by Gasteiger charge is -2.07. The molecule has 0 aliphatic heterocycles. The van der Waals surface area contributed by atoms with E-state index in [1.807, 2.05) is 13.8 Å². The average Bonchev–Trinajstić information content (AvgIpc) is 3.22. The number of furan rings is 1.